The summed E-state index contributed by atoms with van der Waals surface area (Å²) in [5.74, 6) is -1.13. The Morgan fingerprint density at radius 3 is 1.30 bits per heavy atom. The van der Waals surface area contributed by atoms with Gasteiger partial charge in [-0.1, -0.05) is 72.8 Å². The zero-order chi connectivity index (χ0) is 36.4. The number of aromatic amines is 4. The van der Waals surface area contributed by atoms with Gasteiger partial charge in [-0.25, -0.2) is 0 Å². The summed E-state index contributed by atoms with van der Waals surface area (Å²) in [5, 5.41) is 3.99. The number of fused-ring (bicyclic) bond motifs is 4. The van der Waals surface area contributed by atoms with Gasteiger partial charge >= 0.3 is 20.5 Å². The molecule has 10 nitrogen and oxygen atoms in total. The summed E-state index contributed by atoms with van der Waals surface area (Å²) in [5.41, 5.74) is 7.45. The minimum atomic E-state index is -3.42. The van der Waals surface area contributed by atoms with Gasteiger partial charge in [0, 0.05) is 118 Å². The minimum Gasteiger partial charge on any atom is -0.483 e. The average Bonchev–Trinajstić information content (AvgIpc) is 3.97. The van der Waals surface area contributed by atoms with E-state index in [9.17, 15) is 9.59 Å². The molecule has 4 aromatic carbocycles. The van der Waals surface area contributed by atoms with Crippen molar-refractivity contribution in [2.45, 2.75) is 38.0 Å². The fourth-order valence-electron chi connectivity index (χ4n) is 6.79. The normalized spacial score (nSPS) is 13.5. The third-order valence-electron chi connectivity index (χ3n) is 9.44. The molecule has 4 heterocycles. The molecule has 0 aliphatic heterocycles. The van der Waals surface area contributed by atoms with E-state index in [2.05, 4.69) is 19.9 Å². The lowest BCUT2D eigenvalue weighted by Crippen LogP contribution is -2.44. The van der Waals surface area contributed by atoms with Crippen LogP contribution in [0.25, 0.3) is 43.6 Å². The van der Waals surface area contributed by atoms with E-state index in [1.165, 1.54) is 0 Å². The van der Waals surface area contributed by atoms with Crippen LogP contribution in [0.4, 0.5) is 0 Å². The highest BCUT2D eigenvalue weighted by Gasteiger charge is 2.38. The van der Waals surface area contributed by atoms with Crippen LogP contribution in [-0.4, -0.2) is 64.9 Å². The van der Waals surface area contributed by atoms with E-state index in [0.717, 1.165) is 65.9 Å². The first-order chi connectivity index (χ1) is 25.8. The smallest absolute Gasteiger partial charge is 0.457 e. The number of hydrogen-bond donors (Lipinski definition) is 4. The van der Waals surface area contributed by atoms with E-state index in [0.29, 0.717) is 0 Å². The Labute approximate surface area is 306 Å². The molecule has 0 saturated carbocycles. The second kappa shape index (κ2) is 14.3. The molecular weight excluding hydrogens is 681 g/mol. The van der Waals surface area contributed by atoms with E-state index >= 15 is 0 Å². The van der Waals surface area contributed by atoms with Crippen LogP contribution in [0.1, 0.15) is 22.3 Å². The molecule has 0 aliphatic rings. The SMILES string of the molecule is C[Si](C)(OC(=O)[C@H](Cc1c[nH]c2ccccc12)N=Cc1c[nH]c2ccccc12)OC(=O)[C@@H](Cc1c[nH]c2ccccc12)N=Cc1c[nH]c2ccccc12. The van der Waals surface area contributed by atoms with Crippen molar-refractivity contribution in [2.24, 2.45) is 9.98 Å². The molecule has 0 spiro atoms. The number of benzene rings is 4. The number of aliphatic imine (C=N–C) groups is 2. The van der Waals surface area contributed by atoms with Crippen molar-refractivity contribution in [3.63, 3.8) is 0 Å². The first-order valence-electron chi connectivity index (χ1n) is 17.6. The molecule has 53 heavy (non-hydrogen) atoms. The minimum absolute atomic E-state index is 0.290. The lowest BCUT2D eigenvalue weighted by atomic mass is 10.1. The first-order valence-corrected chi connectivity index (χ1v) is 20.4. The van der Waals surface area contributed by atoms with Crippen LogP contribution in [0.5, 0.6) is 0 Å². The Morgan fingerprint density at radius 2 is 0.887 bits per heavy atom. The summed E-state index contributed by atoms with van der Waals surface area (Å²) >= 11 is 0. The maximum absolute atomic E-state index is 14.1. The third-order valence-corrected chi connectivity index (χ3v) is 10.8. The number of nitrogens with zero attached hydrogens (tertiary/aromatic N) is 2. The first kappa shape index (κ1) is 33.7. The quantitative estimate of drug-likeness (QED) is 0.0748. The Kier molecular flexibility index (Phi) is 9.07. The monoisotopic (exact) mass is 718 g/mol. The summed E-state index contributed by atoms with van der Waals surface area (Å²) in [6.07, 6.45) is 11.5. The largest absolute Gasteiger partial charge is 0.483 e. The Hall–Kier alpha value is -6.46. The van der Waals surface area contributed by atoms with E-state index in [-0.39, 0.29) is 12.8 Å². The average molecular weight is 719 g/mol. The van der Waals surface area contributed by atoms with Crippen LogP contribution in [-0.2, 0) is 31.3 Å². The number of hydrogen-bond acceptors (Lipinski definition) is 6. The second-order valence-corrected chi connectivity index (χ2v) is 16.7. The van der Waals surface area contributed by atoms with Crippen LogP contribution in [0, 0.1) is 0 Å². The Morgan fingerprint density at radius 1 is 0.547 bits per heavy atom. The number of rotatable bonds is 12. The highest BCUT2D eigenvalue weighted by atomic mass is 28.4. The van der Waals surface area contributed by atoms with Gasteiger partial charge < -0.3 is 28.8 Å². The molecule has 0 radical (unpaired) electrons. The van der Waals surface area contributed by atoms with Crippen LogP contribution in [0.2, 0.25) is 13.1 Å². The van der Waals surface area contributed by atoms with Crippen molar-refractivity contribution in [2.75, 3.05) is 0 Å². The van der Waals surface area contributed by atoms with Gasteiger partial charge in [-0.05, 0) is 35.4 Å². The van der Waals surface area contributed by atoms with Gasteiger partial charge in [0.2, 0.25) is 0 Å². The number of nitrogens with one attached hydrogen (secondary N) is 4. The topological polar surface area (TPSA) is 140 Å². The number of carbonyl (C=O) groups is 2. The molecule has 0 unspecified atom stereocenters. The van der Waals surface area contributed by atoms with Crippen molar-refractivity contribution in [3.8, 4) is 0 Å². The fraction of sp³-hybridized carbons (Fsp3) is 0.143. The highest BCUT2D eigenvalue weighted by molar-refractivity contribution is 6.67. The lowest BCUT2D eigenvalue weighted by Gasteiger charge is -2.25. The van der Waals surface area contributed by atoms with Gasteiger partial charge in [-0.3, -0.25) is 19.6 Å². The van der Waals surface area contributed by atoms with E-state index in [4.69, 9.17) is 18.8 Å². The molecule has 0 bridgehead atoms. The maximum Gasteiger partial charge on any atom is 0.457 e. The van der Waals surface area contributed by atoms with Crippen LogP contribution >= 0.6 is 0 Å². The van der Waals surface area contributed by atoms with Crippen LogP contribution < -0.4 is 0 Å². The fourth-order valence-corrected chi connectivity index (χ4v) is 8.08. The molecule has 264 valence electrons. The predicted octanol–water partition coefficient (Wildman–Crippen LogP) is 8.16. The van der Waals surface area contributed by atoms with Gasteiger partial charge in [-0.2, -0.15) is 0 Å². The third kappa shape index (κ3) is 7.19. The standard InChI is InChI=1S/C42H38N6O4Si/c1-53(2,51-41(49)39(19-27-21-43-35-15-7-3-11-31(27)35)47-25-29-23-45-37-17-9-5-13-33(29)37)52-42(50)40(20-28-22-44-36-16-8-4-12-32(28)36)48-26-30-24-46-38-18-10-6-14-34(30)38/h3-18,21-26,39-40,43-46H,19-20H2,1-2H3/t39-,40+. The van der Waals surface area contributed by atoms with E-state index < -0.39 is 32.6 Å². The summed E-state index contributed by atoms with van der Waals surface area (Å²) in [7, 11) is -3.42. The molecule has 2 atom stereocenters. The van der Waals surface area contributed by atoms with Crippen molar-refractivity contribution in [1.82, 2.24) is 19.9 Å². The van der Waals surface area contributed by atoms with Gasteiger partial charge in [0.15, 0.2) is 0 Å². The van der Waals surface area contributed by atoms with E-state index in [1.807, 2.05) is 122 Å². The lowest BCUT2D eigenvalue weighted by molar-refractivity contribution is -0.142. The molecule has 4 aromatic heterocycles. The Bertz CT molecular complexity index is 2460. The molecule has 11 heteroatoms. The zero-order valence-electron chi connectivity index (χ0n) is 29.3. The molecule has 0 aliphatic carbocycles. The van der Waals surface area contributed by atoms with Gasteiger partial charge in [0.25, 0.3) is 0 Å². The summed E-state index contributed by atoms with van der Waals surface area (Å²) in [6, 6.07) is 29.9. The second-order valence-electron chi connectivity index (χ2n) is 13.5. The molecule has 0 amide bonds. The van der Waals surface area contributed by atoms with Gasteiger partial charge in [0.1, 0.15) is 12.1 Å². The molecule has 0 saturated heterocycles. The highest BCUT2D eigenvalue weighted by Crippen LogP contribution is 2.25. The van der Waals surface area contributed by atoms with E-state index in [1.54, 1.807) is 25.5 Å². The zero-order valence-corrected chi connectivity index (χ0v) is 30.3. The molecular formula is C42H38N6O4Si. The van der Waals surface area contributed by atoms with Crippen LogP contribution in [0.3, 0.4) is 0 Å². The predicted molar refractivity (Wildman–Crippen MR) is 213 cm³/mol. The molecule has 0 fully saturated rings. The molecule has 8 rings (SSSR count). The molecule has 4 N–H and O–H groups in total. The van der Waals surface area contributed by atoms with Crippen LogP contribution in [0.15, 0.2) is 132 Å². The Balaban J connectivity index is 1.05. The summed E-state index contributed by atoms with van der Waals surface area (Å²) < 4.78 is 12.2. The van der Waals surface area contributed by atoms with Gasteiger partial charge in [0.05, 0.1) is 0 Å². The summed E-state index contributed by atoms with van der Waals surface area (Å²) in [4.78, 5) is 50.8. The van der Waals surface area contributed by atoms with Crippen molar-refractivity contribution in [1.29, 1.82) is 0 Å². The van der Waals surface area contributed by atoms with Crippen molar-refractivity contribution < 1.29 is 18.4 Å². The van der Waals surface area contributed by atoms with Crippen molar-refractivity contribution >= 4 is 76.5 Å². The number of aromatic nitrogens is 4. The number of para-hydroxylation sites is 4. The molecule has 8 aromatic rings. The van der Waals surface area contributed by atoms with Crippen molar-refractivity contribution in [3.05, 3.63) is 144 Å². The number of H-pyrrole nitrogens is 4. The summed E-state index contributed by atoms with van der Waals surface area (Å²) in [6.45, 7) is 3.39. The maximum atomic E-state index is 14.1. The number of carbonyl (C=O) groups excluding carboxylic acids is 2. The van der Waals surface area contributed by atoms with Gasteiger partial charge in [-0.15, -0.1) is 0 Å².